The van der Waals surface area contributed by atoms with E-state index in [-0.39, 0.29) is 5.91 Å². The summed E-state index contributed by atoms with van der Waals surface area (Å²) in [4.78, 5) is 13.3. The molecule has 3 nitrogen and oxygen atoms in total. The number of rotatable bonds is 6. The van der Waals surface area contributed by atoms with E-state index >= 15 is 0 Å². The molecule has 1 amide bonds. The first-order chi connectivity index (χ1) is 9.22. The van der Waals surface area contributed by atoms with E-state index in [4.69, 9.17) is 0 Å². The fourth-order valence-corrected chi connectivity index (χ4v) is 2.94. The number of amides is 1. The molecule has 0 radical (unpaired) electrons. The third-order valence-corrected chi connectivity index (χ3v) is 4.16. The Morgan fingerprint density at radius 2 is 2.26 bits per heavy atom. The summed E-state index contributed by atoms with van der Waals surface area (Å²) in [7, 11) is 0. The molecule has 2 rings (SSSR count). The van der Waals surface area contributed by atoms with E-state index in [1.165, 1.54) is 29.8 Å². The van der Waals surface area contributed by atoms with Gasteiger partial charge in [-0.15, -0.1) is 0 Å². The minimum absolute atomic E-state index is 0.136. The maximum Gasteiger partial charge on any atom is 0.223 e. The second-order valence-corrected chi connectivity index (χ2v) is 5.88. The van der Waals surface area contributed by atoms with Gasteiger partial charge in [-0.1, -0.05) is 0 Å². The number of fused-ring (bicyclic) bond motifs is 1. The van der Waals surface area contributed by atoms with Crippen LogP contribution in [0.4, 0.5) is 11.4 Å². The molecule has 0 saturated heterocycles. The van der Waals surface area contributed by atoms with E-state index in [1.54, 1.807) is 6.92 Å². The molecule has 104 valence electrons. The molecule has 0 unspecified atom stereocenters. The fourth-order valence-electron chi connectivity index (χ4n) is 2.44. The molecular formula is C15H22N2OS. The van der Waals surface area contributed by atoms with Gasteiger partial charge in [0, 0.05) is 31.4 Å². The molecule has 4 heteroatoms. The lowest BCUT2D eigenvalue weighted by atomic mass is 10.1. The Bertz CT molecular complexity index is 448. The van der Waals surface area contributed by atoms with Crippen LogP contribution in [-0.4, -0.2) is 31.0 Å². The van der Waals surface area contributed by atoms with Gasteiger partial charge in [0.15, 0.2) is 0 Å². The SMILES string of the molecule is CSCCCCNc1ccc2c(c1)CCN2C(C)=O. The van der Waals surface area contributed by atoms with Crippen molar-refractivity contribution in [1.82, 2.24) is 0 Å². The van der Waals surface area contributed by atoms with Gasteiger partial charge in [0.05, 0.1) is 0 Å². The van der Waals surface area contributed by atoms with Crippen LogP contribution in [0, 0.1) is 0 Å². The molecule has 0 bridgehead atoms. The molecule has 1 aromatic rings. The lowest BCUT2D eigenvalue weighted by Crippen LogP contribution is -2.25. The largest absolute Gasteiger partial charge is 0.385 e. The highest BCUT2D eigenvalue weighted by molar-refractivity contribution is 7.98. The maximum atomic E-state index is 11.5. The van der Waals surface area contributed by atoms with Crippen LogP contribution in [0.15, 0.2) is 18.2 Å². The highest BCUT2D eigenvalue weighted by Crippen LogP contribution is 2.30. The van der Waals surface area contributed by atoms with Gasteiger partial charge in [-0.05, 0) is 55.0 Å². The zero-order chi connectivity index (χ0) is 13.7. The number of hydrogen-bond acceptors (Lipinski definition) is 3. The first-order valence-electron chi connectivity index (χ1n) is 6.86. The quantitative estimate of drug-likeness (QED) is 0.811. The first kappa shape index (κ1) is 14.3. The van der Waals surface area contributed by atoms with Crippen molar-refractivity contribution in [3.05, 3.63) is 23.8 Å². The van der Waals surface area contributed by atoms with Crippen LogP contribution < -0.4 is 10.2 Å². The summed E-state index contributed by atoms with van der Waals surface area (Å²) in [5.41, 5.74) is 3.54. The van der Waals surface area contributed by atoms with Gasteiger partial charge < -0.3 is 10.2 Å². The van der Waals surface area contributed by atoms with Crippen LogP contribution in [-0.2, 0) is 11.2 Å². The molecule has 1 aromatic carbocycles. The Kier molecular flexibility index (Phi) is 5.14. The maximum absolute atomic E-state index is 11.5. The summed E-state index contributed by atoms with van der Waals surface area (Å²) in [5, 5.41) is 3.46. The lowest BCUT2D eigenvalue weighted by molar-refractivity contribution is -0.116. The van der Waals surface area contributed by atoms with Gasteiger partial charge in [0.25, 0.3) is 0 Å². The van der Waals surface area contributed by atoms with Gasteiger partial charge in [-0.3, -0.25) is 4.79 Å². The van der Waals surface area contributed by atoms with Crippen LogP contribution >= 0.6 is 11.8 Å². The van der Waals surface area contributed by atoms with Crippen molar-refractivity contribution in [3.63, 3.8) is 0 Å². The first-order valence-corrected chi connectivity index (χ1v) is 8.25. The second kappa shape index (κ2) is 6.85. The van der Waals surface area contributed by atoms with Gasteiger partial charge in [0.2, 0.25) is 5.91 Å². The minimum atomic E-state index is 0.136. The summed E-state index contributed by atoms with van der Waals surface area (Å²) in [6.07, 6.45) is 5.58. The third-order valence-electron chi connectivity index (χ3n) is 3.46. The van der Waals surface area contributed by atoms with Crippen LogP contribution in [0.2, 0.25) is 0 Å². The highest BCUT2D eigenvalue weighted by atomic mass is 32.2. The van der Waals surface area contributed by atoms with Crippen molar-refractivity contribution in [3.8, 4) is 0 Å². The molecule has 0 atom stereocenters. The number of carbonyl (C=O) groups is 1. The smallest absolute Gasteiger partial charge is 0.223 e. The molecule has 1 heterocycles. The molecule has 0 aromatic heterocycles. The van der Waals surface area contributed by atoms with Crippen LogP contribution in [0.5, 0.6) is 0 Å². The molecular weight excluding hydrogens is 256 g/mol. The summed E-state index contributed by atoms with van der Waals surface area (Å²) < 4.78 is 0. The zero-order valence-corrected chi connectivity index (χ0v) is 12.6. The number of thioether (sulfide) groups is 1. The van der Waals surface area contributed by atoms with E-state index in [0.717, 1.165) is 25.2 Å². The van der Waals surface area contributed by atoms with Crippen molar-refractivity contribution in [1.29, 1.82) is 0 Å². The number of unbranched alkanes of at least 4 members (excludes halogenated alkanes) is 1. The fraction of sp³-hybridized carbons (Fsp3) is 0.533. The van der Waals surface area contributed by atoms with E-state index in [9.17, 15) is 4.79 Å². The number of benzene rings is 1. The molecule has 0 fully saturated rings. The van der Waals surface area contributed by atoms with Crippen molar-refractivity contribution in [2.45, 2.75) is 26.2 Å². The number of hydrogen-bond donors (Lipinski definition) is 1. The van der Waals surface area contributed by atoms with Crippen molar-refractivity contribution < 1.29 is 4.79 Å². The Morgan fingerprint density at radius 1 is 1.42 bits per heavy atom. The lowest BCUT2D eigenvalue weighted by Gasteiger charge is -2.15. The van der Waals surface area contributed by atoms with E-state index in [0.29, 0.717) is 0 Å². The molecule has 1 aliphatic rings. The van der Waals surface area contributed by atoms with Crippen molar-refractivity contribution in [2.24, 2.45) is 0 Å². The number of carbonyl (C=O) groups excluding carboxylic acids is 1. The molecule has 19 heavy (non-hydrogen) atoms. The highest BCUT2D eigenvalue weighted by Gasteiger charge is 2.21. The Hall–Kier alpha value is -1.16. The van der Waals surface area contributed by atoms with Crippen LogP contribution in [0.3, 0.4) is 0 Å². The zero-order valence-electron chi connectivity index (χ0n) is 11.7. The minimum Gasteiger partial charge on any atom is -0.385 e. The van der Waals surface area contributed by atoms with Gasteiger partial charge >= 0.3 is 0 Å². The average molecular weight is 278 g/mol. The summed E-state index contributed by atoms with van der Waals surface area (Å²) in [5.74, 6) is 1.37. The third kappa shape index (κ3) is 3.66. The number of nitrogens with zero attached hydrogens (tertiary/aromatic N) is 1. The van der Waals surface area contributed by atoms with Crippen LogP contribution in [0.25, 0.3) is 0 Å². The van der Waals surface area contributed by atoms with E-state index < -0.39 is 0 Å². The Labute approximate surface area is 119 Å². The number of nitrogens with one attached hydrogen (secondary N) is 1. The predicted molar refractivity (Wildman–Crippen MR) is 84.3 cm³/mol. The molecule has 1 N–H and O–H groups in total. The summed E-state index contributed by atoms with van der Waals surface area (Å²) in [6.45, 7) is 3.48. The molecule has 0 aliphatic carbocycles. The van der Waals surface area contributed by atoms with E-state index in [1.807, 2.05) is 16.7 Å². The summed E-state index contributed by atoms with van der Waals surface area (Å²) in [6, 6.07) is 6.33. The average Bonchev–Trinajstić information content (AvgIpc) is 2.81. The monoisotopic (exact) mass is 278 g/mol. The summed E-state index contributed by atoms with van der Waals surface area (Å²) >= 11 is 1.90. The second-order valence-electron chi connectivity index (χ2n) is 4.89. The van der Waals surface area contributed by atoms with Crippen molar-refractivity contribution in [2.75, 3.05) is 35.3 Å². The Morgan fingerprint density at radius 3 is 3.00 bits per heavy atom. The molecule has 1 aliphatic heterocycles. The topological polar surface area (TPSA) is 32.3 Å². The predicted octanol–water partition coefficient (Wildman–Crippen LogP) is 3.15. The van der Waals surface area contributed by atoms with Gasteiger partial charge in [-0.25, -0.2) is 0 Å². The molecule has 0 spiro atoms. The Balaban J connectivity index is 1.90. The standard InChI is InChI=1S/C15H22N2OS/c1-12(18)17-9-7-13-11-14(5-6-15(13)17)16-8-3-4-10-19-2/h5-6,11,16H,3-4,7-10H2,1-2H3. The number of anilines is 2. The normalized spacial score (nSPS) is 13.5. The van der Waals surface area contributed by atoms with Gasteiger partial charge in [0.1, 0.15) is 0 Å². The van der Waals surface area contributed by atoms with Crippen molar-refractivity contribution >= 4 is 29.0 Å². The molecule has 0 saturated carbocycles. The van der Waals surface area contributed by atoms with E-state index in [2.05, 4.69) is 29.8 Å². The van der Waals surface area contributed by atoms with Crippen LogP contribution in [0.1, 0.15) is 25.3 Å². The van der Waals surface area contributed by atoms with Gasteiger partial charge in [-0.2, -0.15) is 11.8 Å².